The number of carboxylic acid groups (broad SMARTS) is 1. The smallest absolute Gasteiger partial charge is 0.416 e. The van der Waals surface area contributed by atoms with Gasteiger partial charge in [-0.05, 0) is 47.7 Å². The second-order valence-electron chi connectivity index (χ2n) is 10.2. The van der Waals surface area contributed by atoms with Gasteiger partial charge in [-0.2, -0.15) is 13.2 Å². The van der Waals surface area contributed by atoms with Crippen LogP contribution in [0.1, 0.15) is 52.1 Å². The van der Waals surface area contributed by atoms with Crippen LogP contribution in [0.15, 0.2) is 42.7 Å². The molecule has 9 nitrogen and oxygen atoms in total. The average molecular weight is 543 g/mol. The van der Waals surface area contributed by atoms with E-state index in [0.717, 1.165) is 17.5 Å². The van der Waals surface area contributed by atoms with Crippen molar-refractivity contribution < 1.29 is 27.9 Å². The van der Waals surface area contributed by atoms with Crippen molar-refractivity contribution in [1.82, 2.24) is 19.7 Å². The Morgan fingerprint density at radius 2 is 2.03 bits per heavy atom. The average Bonchev–Trinajstić information content (AvgIpc) is 3.62. The minimum Gasteiger partial charge on any atom is -0.465 e. The van der Waals surface area contributed by atoms with Crippen LogP contribution in [0.2, 0.25) is 0 Å². The first-order valence-electron chi connectivity index (χ1n) is 12.6. The summed E-state index contributed by atoms with van der Waals surface area (Å²) in [4.78, 5) is 29.1. The fourth-order valence-electron chi connectivity index (χ4n) is 5.38. The Bertz CT molecular complexity index is 1420. The molecule has 1 aromatic heterocycles. The van der Waals surface area contributed by atoms with Gasteiger partial charge >= 0.3 is 12.3 Å². The van der Waals surface area contributed by atoms with Gasteiger partial charge in [-0.1, -0.05) is 19.1 Å². The van der Waals surface area contributed by atoms with Gasteiger partial charge in [-0.25, -0.2) is 4.79 Å². The van der Waals surface area contributed by atoms with Crippen LogP contribution in [-0.2, 0) is 26.2 Å². The first-order valence-corrected chi connectivity index (χ1v) is 12.6. The van der Waals surface area contributed by atoms with E-state index in [1.54, 1.807) is 30.4 Å². The summed E-state index contributed by atoms with van der Waals surface area (Å²) in [6.07, 6.45) is -3.00. The summed E-state index contributed by atoms with van der Waals surface area (Å²) in [6, 6.07) is 9.56. The number of fused-ring (bicyclic) bond motifs is 1. The maximum atomic E-state index is 14.2. The Morgan fingerprint density at radius 3 is 2.67 bits per heavy atom. The fourth-order valence-corrected chi connectivity index (χ4v) is 5.38. The molecule has 0 saturated carbocycles. The number of carbonyl (C=O) groups is 2. The van der Waals surface area contributed by atoms with Crippen LogP contribution in [0.4, 0.5) is 29.3 Å². The predicted octanol–water partition coefficient (Wildman–Crippen LogP) is 4.53. The number of hydrogen-bond donors (Lipinski definition) is 1. The van der Waals surface area contributed by atoms with Crippen molar-refractivity contribution in [1.29, 1.82) is 0 Å². The van der Waals surface area contributed by atoms with Gasteiger partial charge in [0.15, 0.2) is 0 Å². The molecule has 2 amide bonds. The molecule has 2 unspecified atom stereocenters. The normalized spacial score (nSPS) is 18.0. The molecule has 1 N–H and O–H groups in total. The van der Waals surface area contributed by atoms with E-state index in [2.05, 4.69) is 10.2 Å². The van der Waals surface area contributed by atoms with E-state index in [1.807, 2.05) is 30.7 Å². The summed E-state index contributed by atoms with van der Waals surface area (Å²) in [5.74, 6) is 0.343. The monoisotopic (exact) mass is 542 g/mol. The Morgan fingerprint density at radius 1 is 1.26 bits per heavy atom. The molecule has 3 heterocycles. The summed E-state index contributed by atoms with van der Waals surface area (Å²) in [5.41, 5.74) is 0.796. The number of aryl methyl sites for hydroxylation is 1. The lowest BCUT2D eigenvalue weighted by Crippen LogP contribution is -2.36. The Hall–Kier alpha value is -4.09. The number of amides is 2. The minimum absolute atomic E-state index is 0.0114. The van der Waals surface area contributed by atoms with E-state index in [4.69, 9.17) is 0 Å². The van der Waals surface area contributed by atoms with Gasteiger partial charge in [0.1, 0.15) is 12.2 Å². The molecular formula is C27H29F3N6O3. The molecule has 0 aliphatic carbocycles. The lowest BCUT2D eigenvalue weighted by molar-refractivity contribution is -0.138. The fraction of sp³-hybridized carbons (Fsp3) is 0.407. The summed E-state index contributed by atoms with van der Waals surface area (Å²) in [5, 5.41) is 17.3. The third-order valence-electron chi connectivity index (χ3n) is 7.77. The standard InChI is InChI=1S/C27H29F3N6O3/c1-16(9-24-32-31-15-33(24)2)17-5-4-6-18(10-17)36-14-22-21(25(36)37)11-20(12-23(22)27(28,29)30)34(3)19-7-8-35(13-19)26(38)39/h4-6,10-12,15-16,19H,7-9,13-14H2,1-3H3,(H,38,39). The van der Waals surface area contributed by atoms with Gasteiger partial charge < -0.3 is 24.4 Å². The van der Waals surface area contributed by atoms with E-state index in [-0.39, 0.29) is 41.9 Å². The van der Waals surface area contributed by atoms with E-state index in [0.29, 0.717) is 25.1 Å². The number of likely N-dealkylation sites (N-methyl/N-ethyl adjacent to an activating group) is 1. The number of anilines is 2. The first-order chi connectivity index (χ1) is 18.4. The summed E-state index contributed by atoms with van der Waals surface area (Å²) in [7, 11) is 3.49. The number of rotatable bonds is 6. The number of halogens is 3. The van der Waals surface area contributed by atoms with Crippen molar-refractivity contribution in [2.75, 3.05) is 29.9 Å². The van der Waals surface area contributed by atoms with Gasteiger partial charge in [0.25, 0.3) is 5.91 Å². The van der Waals surface area contributed by atoms with Crippen molar-refractivity contribution >= 4 is 23.4 Å². The highest BCUT2D eigenvalue weighted by molar-refractivity contribution is 6.11. The zero-order chi connectivity index (χ0) is 28.1. The molecule has 2 aliphatic rings. The SMILES string of the molecule is CC(Cc1nncn1C)c1cccc(N2Cc3c(cc(N(C)C4CCN(C(=O)O)C4)cc3C(F)(F)F)C2=O)c1. The van der Waals surface area contributed by atoms with Crippen molar-refractivity contribution in [2.45, 2.75) is 44.4 Å². The molecule has 12 heteroatoms. The summed E-state index contributed by atoms with van der Waals surface area (Å²) in [6.45, 7) is 2.32. The van der Waals surface area contributed by atoms with E-state index >= 15 is 0 Å². The molecule has 2 atom stereocenters. The molecule has 0 spiro atoms. The predicted molar refractivity (Wildman–Crippen MR) is 138 cm³/mol. The number of nitrogens with zero attached hydrogens (tertiary/aromatic N) is 6. The third-order valence-corrected chi connectivity index (χ3v) is 7.77. The van der Waals surface area contributed by atoms with Crippen LogP contribution in [0.5, 0.6) is 0 Å². The highest BCUT2D eigenvalue weighted by Gasteiger charge is 2.41. The molecule has 1 fully saturated rings. The molecule has 0 radical (unpaired) electrons. The van der Waals surface area contributed by atoms with Gasteiger partial charge in [0.05, 0.1) is 12.1 Å². The number of hydrogen-bond acceptors (Lipinski definition) is 5. The lowest BCUT2D eigenvalue weighted by Gasteiger charge is -2.28. The van der Waals surface area contributed by atoms with Gasteiger partial charge in [0, 0.05) is 56.6 Å². The third kappa shape index (κ3) is 5.02. The lowest BCUT2D eigenvalue weighted by atomic mass is 9.97. The first kappa shape index (κ1) is 26.5. The van der Waals surface area contributed by atoms with Gasteiger partial charge in [0.2, 0.25) is 0 Å². The van der Waals surface area contributed by atoms with Crippen LogP contribution >= 0.6 is 0 Å². The highest BCUT2D eigenvalue weighted by Crippen LogP contribution is 2.42. The van der Waals surface area contributed by atoms with Gasteiger partial charge in [-0.15, -0.1) is 10.2 Å². The molecule has 2 aliphatic heterocycles. The molecule has 5 rings (SSSR count). The van der Waals surface area contributed by atoms with Crippen LogP contribution in [0.25, 0.3) is 0 Å². The quantitative estimate of drug-likeness (QED) is 0.492. The molecule has 3 aromatic rings. The van der Waals surface area contributed by atoms with Crippen LogP contribution in [-0.4, -0.2) is 63.0 Å². The minimum atomic E-state index is -4.66. The zero-order valence-electron chi connectivity index (χ0n) is 21.8. The van der Waals surface area contributed by atoms with E-state index < -0.39 is 23.7 Å². The largest absolute Gasteiger partial charge is 0.465 e. The number of benzene rings is 2. The molecule has 39 heavy (non-hydrogen) atoms. The summed E-state index contributed by atoms with van der Waals surface area (Å²) >= 11 is 0. The van der Waals surface area contributed by atoms with Crippen molar-refractivity contribution in [2.24, 2.45) is 7.05 Å². The highest BCUT2D eigenvalue weighted by atomic mass is 19.4. The maximum Gasteiger partial charge on any atom is 0.416 e. The van der Waals surface area contributed by atoms with Crippen LogP contribution in [0.3, 0.4) is 0 Å². The number of carbonyl (C=O) groups excluding carboxylic acids is 1. The zero-order valence-corrected chi connectivity index (χ0v) is 21.8. The molecule has 206 valence electrons. The van der Waals surface area contributed by atoms with Crippen molar-refractivity contribution in [3.8, 4) is 0 Å². The molecule has 0 bridgehead atoms. The second kappa shape index (κ2) is 9.90. The number of aromatic nitrogens is 3. The Balaban J connectivity index is 1.44. The number of likely N-dealkylation sites (tertiary alicyclic amines) is 1. The Labute approximate surface area is 223 Å². The van der Waals surface area contributed by atoms with E-state index in [1.165, 1.54) is 15.9 Å². The number of alkyl halides is 3. The second-order valence-corrected chi connectivity index (χ2v) is 10.2. The van der Waals surface area contributed by atoms with Gasteiger partial charge in [-0.3, -0.25) is 4.79 Å². The van der Waals surface area contributed by atoms with Crippen molar-refractivity contribution in [3.63, 3.8) is 0 Å². The van der Waals surface area contributed by atoms with Crippen molar-refractivity contribution in [3.05, 3.63) is 70.8 Å². The van der Waals surface area contributed by atoms with Crippen LogP contribution < -0.4 is 9.80 Å². The topological polar surface area (TPSA) is 94.8 Å². The maximum absolute atomic E-state index is 14.2. The van der Waals surface area contributed by atoms with Crippen LogP contribution in [0, 0.1) is 0 Å². The Kier molecular flexibility index (Phi) is 6.73. The molecule has 1 saturated heterocycles. The summed E-state index contributed by atoms with van der Waals surface area (Å²) < 4.78 is 44.5. The molecule has 2 aromatic carbocycles. The van der Waals surface area contributed by atoms with E-state index in [9.17, 15) is 27.9 Å². The molecular weight excluding hydrogens is 513 g/mol.